The second kappa shape index (κ2) is 9.89. The van der Waals surface area contributed by atoms with Gasteiger partial charge in [-0.1, -0.05) is 6.07 Å². The van der Waals surface area contributed by atoms with Crippen molar-refractivity contribution < 1.29 is 28.5 Å². The predicted molar refractivity (Wildman–Crippen MR) is 128 cm³/mol. The molecule has 6 nitrogen and oxygen atoms in total. The first-order valence-electron chi connectivity index (χ1n) is 10.6. The van der Waals surface area contributed by atoms with Crippen LogP contribution in [0.5, 0.6) is 17.2 Å². The number of phenols is 1. The van der Waals surface area contributed by atoms with Gasteiger partial charge in [-0.2, -0.15) is 0 Å². The first kappa shape index (κ1) is 23.2. The van der Waals surface area contributed by atoms with Gasteiger partial charge in [0.25, 0.3) is 0 Å². The third-order valence-electron chi connectivity index (χ3n) is 5.77. The molecule has 0 bridgehead atoms. The Morgan fingerprint density at radius 1 is 1.24 bits per heavy atom. The lowest BCUT2D eigenvalue weighted by atomic mass is 10.00. The highest BCUT2D eigenvalue weighted by Crippen LogP contribution is 2.44. The quantitative estimate of drug-likeness (QED) is 0.621. The summed E-state index contributed by atoms with van der Waals surface area (Å²) in [5.41, 5.74) is 4.98. The van der Waals surface area contributed by atoms with Crippen molar-refractivity contribution in [3.63, 3.8) is 0 Å². The Hall–Kier alpha value is -2.97. The van der Waals surface area contributed by atoms with Gasteiger partial charge >= 0.3 is 0 Å². The van der Waals surface area contributed by atoms with Gasteiger partial charge in [0.15, 0.2) is 11.5 Å². The second-order valence-corrected chi connectivity index (χ2v) is 9.04. The average molecular weight is 472 g/mol. The van der Waals surface area contributed by atoms with Crippen molar-refractivity contribution in [1.82, 2.24) is 5.32 Å². The molecule has 0 spiro atoms. The number of benzene rings is 2. The van der Waals surface area contributed by atoms with Crippen LogP contribution >= 0.6 is 11.8 Å². The van der Waals surface area contributed by atoms with Gasteiger partial charge in [-0.3, -0.25) is 4.79 Å². The summed E-state index contributed by atoms with van der Waals surface area (Å²) in [5.74, 6) is 0.972. The van der Waals surface area contributed by atoms with E-state index in [2.05, 4.69) is 5.32 Å². The Labute approximate surface area is 196 Å². The summed E-state index contributed by atoms with van der Waals surface area (Å²) in [6.45, 7) is 2.91. The zero-order chi connectivity index (χ0) is 23.5. The maximum Gasteiger partial charge on any atom is 0.223 e. The molecule has 1 atom stereocenters. The molecule has 1 aliphatic carbocycles. The first-order chi connectivity index (χ1) is 15.9. The Bertz CT molecular complexity index is 1110. The number of halogens is 1. The lowest BCUT2D eigenvalue weighted by molar-refractivity contribution is -0.122. The number of aromatic hydroxyl groups is 1. The molecule has 1 aliphatic heterocycles. The third kappa shape index (κ3) is 4.86. The van der Waals surface area contributed by atoms with E-state index in [-0.39, 0.29) is 29.5 Å². The molecule has 2 aliphatic rings. The summed E-state index contributed by atoms with van der Waals surface area (Å²) in [6.07, 6.45) is 2.23. The van der Waals surface area contributed by atoms with E-state index in [0.29, 0.717) is 24.5 Å². The topological polar surface area (TPSA) is 77.0 Å². The summed E-state index contributed by atoms with van der Waals surface area (Å²) in [6, 6.07) is 8.08. The van der Waals surface area contributed by atoms with Crippen LogP contribution in [0.15, 0.2) is 35.9 Å². The van der Waals surface area contributed by atoms with Crippen molar-refractivity contribution in [3.8, 4) is 17.2 Å². The van der Waals surface area contributed by atoms with Gasteiger partial charge in [0.05, 0.1) is 27.2 Å². The number of ether oxygens (including phenoxy) is 3. The number of carbonyl (C=O) groups excluding carboxylic acids is 1. The first-order valence-corrected chi connectivity index (χ1v) is 11.6. The van der Waals surface area contributed by atoms with Crippen molar-refractivity contribution in [2.75, 3.05) is 33.1 Å². The highest BCUT2D eigenvalue weighted by atomic mass is 32.2. The number of methoxy groups -OCH3 is 2. The minimum atomic E-state index is -0.338. The van der Waals surface area contributed by atoms with E-state index in [1.54, 1.807) is 30.0 Å². The minimum absolute atomic E-state index is 0.0730. The Morgan fingerprint density at radius 2 is 1.97 bits per heavy atom. The van der Waals surface area contributed by atoms with Crippen LogP contribution in [0.25, 0.3) is 17.2 Å². The fourth-order valence-corrected chi connectivity index (χ4v) is 5.00. The van der Waals surface area contributed by atoms with Crippen molar-refractivity contribution in [2.24, 2.45) is 0 Å². The van der Waals surface area contributed by atoms with Crippen LogP contribution in [0.3, 0.4) is 0 Å². The Balaban J connectivity index is 1.66. The number of amides is 1. The monoisotopic (exact) mass is 471 g/mol. The van der Waals surface area contributed by atoms with Gasteiger partial charge < -0.3 is 24.6 Å². The molecular weight excluding hydrogens is 445 g/mol. The van der Waals surface area contributed by atoms with Gasteiger partial charge in [0.1, 0.15) is 11.3 Å². The molecule has 1 heterocycles. The molecule has 2 aromatic carbocycles. The molecule has 0 saturated carbocycles. The lowest BCUT2D eigenvalue weighted by Crippen LogP contribution is -2.28. The summed E-state index contributed by atoms with van der Waals surface area (Å²) < 4.78 is 30.2. The zero-order valence-electron chi connectivity index (χ0n) is 18.7. The van der Waals surface area contributed by atoms with Gasteiger partial charge in [0.2, 0.25) is 11.7 Å². The average Bonchev–Trinajstić information content (AvgIpc) is 3.39. The van der Waals surface area contributed by atoms with Crippen LogP contribution in [-0.2, 0) is 9.53 Å². The van der Waals surface area contributed by atoms with Crippen LogP contribution < -0.4 is 14.8 Å². The van der Waals surface area contributed by atoms with Gasteiger partial charge in [0, 0.05) is 12.3 Å². The molecule has 1 amide bonds. The smallest absolute Gasteiger partial charge is 0.223 e. The largest absolute Gasteiger partial charge is 0.502 e. The fraction of sp³-hybridized carbons (Fsp3) is 0.320. The van der Waals surface area contributed by atoms with Crippen LogP contribution in [0.4, 0.5) is 4.39 Å². The van der Waals surface area contributed by atoms with E-state index >= 15 is 0 Å². The van der Waals surface area contributed by atoms with Crippen LogP contribution in [0.2, 0.25) is 0 Å². The fourth-order valence-electron chi connectivity index (χ4n) is 4.08. The maximum atomic E-state index is 14.1. The van der Waals surface area contributed by atoms with Crippen molar-refractivity contribution in [2.45, 2.75) is 18.8 Å². The number of hydrogen-bond acceptors (Lipinski definition) is 6. The second-order valence-electron chi connectivity index (χ2n) is 7.78. The molecule has 2 aromatic rings. The maximum absolute atomic E-state index is 14.1. The molecule has 2 N–H and O–H groups in total. The molecule has 33 heavy (non-hydrogen) atoms. The summed E-state index contributed by atoms with van der Waals surface area (Å²) >= 11 is 1.64. The summed E-state index contributed by atoms with van der Waals surface area (Å²) in [4.78, 5) is 12.4. The lowest BCUT2D eigenvalue weighted by Gasteiger charge is -2.11. The molecule has 1 fully saturated rings. The van der Waals surface area contributed by atoms with Crippen molar-refractivity contribution in [1.29, 1.82) is 0 Å². The number of rotatable bonds is 7. The number of fused-ring (bicyclic) bond motifs is 1. The molecule has 174 valence electrons. The summed E-state index contributed by atoms with van der Waals surface area (Å²) in [5, 5.41) is 13.2. The van der Waals surface area contributed by atoms with Crippen molar-refractivity contribution in [3.05, 3.63) is 58.4 Å². The van der Waals surface area contributed by atoms with E-state index in [4.69, 9.17) is 14.2 Å². The zero-order valence-corrected chi connectivity index (χ0v) is 19.6. The van der Waals surface area contributed by atoms with Gasteiger partial charge in [-0.15, -0.1) is 11.8 Å². The third-order valence-corrected chi connectivity index (χ3v) is 6.85. The molecule has 0 radical (unpaired) electrons. The molecule has 8 heteroatoms. The molecule has 1 unspecified atom stereocenters. The summed E-state index contributed by atoms with van der Waals surface area (Å²) in [7, 11) is 2.94. The Morgan fingerprint density at radius 3 is 2.61 bits per heavy atom. The Kier molecular flexibility index (Phi) is 6.95. The predicted octanol–water partition coefficient (Wildman–Crippen LogP) is 4.47. The van der Waals surface area contributed by atoms with E-state index in [1.165, 1.54) is 26.4 Å². The van der Waals surface area contributed by atoms with E-state index in [0.717, 1.165) is 39.2 Å². The van der Waals surface area contributed by atoms with Crippen LogP contribution in [0, 0.1) is 5.82 Å². The number of carbonyl (C=O) groups is 1. The van der Waals surface area contributed by atoms with Gasteiger partial charge in [-0.05, 0) is 70.7 Å². The molecule has 0 aromatic heterocycles. The van der Waals surface area contributed by atoms with Gasteiger partial charge in [-0.25, -0.2) is 4.39 Å². The number of phenolic OH excluding ortho intramolecular Hbond substituents is 1. The molecular formula is C25H26FNO5S. The van der Waals surface area contributed by atoms with E-state index in [1.807, 2.05) is 13.0 Å². The number of hydrogen-bond donors (Lipinski definition) is 2. The molecule has 1 saturated heterocycles. The van der Waals surface area contributed by atoms with Crippen molar-refractivity contribution >= 4 is 34.9 Å². The van der Waals surface area contributed by atoms with E-state index < -0.39 is 0 Å². The normalized spacial score (nSPS) is 18.5. The highest BCUT2D eigenvalue weighted by Gasteiger charge is 2.26. The van der Waals surface area contributed by atoms with Crippen LogP contribution in [-0.4, -0.2) is 49.6 Å². The number of nitrogens with one attached hydrogen (secondary N) is 1. The minimum Gasteiger partial charge on any atom is -0.502 e. The van der Waals surface area contributed by atoms with E-state index in [9.17, 15) is 14.3 Å². The standard InChI is InChI=1S/C25H26FNO5S/c1-14-18(8-15-9-21(30-2)25(29)22(10-15)31-3)17-5-4-16(26)11-19(17)20(14)13-27-23(28)12-24-32-6-7-33-24/h4-5,8-11,24,29H,6-7,12-13H2,1-3H3,(H,27,28). The number of thioether (sulfide) groups is 1. The number of allylic oxidation sites excluding steroid dienone is 2. The molecule has 4 rings (SSSR count). The SMILES string of the molecule is COc1cc(C=C2C(C)=C(CNC(=O)CC3OCCS3)c3cc(F)ccc32)cc(OC)c1O. The highest BCUT2D eigenvalue weighted by molar-refractivity contribution is 8.00. The van der Waals surface area contributed by atoms with Crippen LogP contribution in [0.1, 0.15) is 30.0 Å².